The number of allylic oxidation sites excluding steroid dienone is 3. The maximum Gasteiger partial charge on any atom is 0.222 e. The fourth-order valence-corrected chi connectivity index (χ4v) is 7.12. The highest BCUT2D eigenvalue weighted by Crippen LogP contribution is 2.33. The highest BCUT2D eigenvalue weighted by atomic mass is 35.5. The maximum absolute atomic E-state index is 13.2. The molecule has 2 heterocycles. The summed E-state index contributed by atoms with van der Waals surface area (Å²) in [6.45, 7) is 5.97. The minimum atomic E-state index is -3.52. The van der Waals surface area contributed by atoms with Crippen LogP contribution in [0.15, 0.2) is 53.9 Å². The van der Waals surface area contributed by atoms with Crippen molar-refractivity contribution in [3.05, 3.63) is 70.8 Å². The third-order valence-electron chi connectivity index (χ3n) is 5.61. The van der Waals surface area contributed by atoms with Crippen molar-refractivity contribution < 1.29 is 8.42 Å². The van der Waals surface area contributed by atoms with E-state index in [1.54, 1.807) is 46.9 Å². The molecule has 1 aromatic carbocycles. The molecule has 1 aliphatic heterocycles. The Bertz CT molecular complexity index is 1050. The molecule has 5 nitrogen and oxygen atoms in total. The number of nitrogens with zero attached hydrogens (tertiary/aromatic N) is 3. The molecule has 0 N–H and O–H groups in total. The van der Waals surface area contributed by atoms with Crippen LogP contribution in [0.25, 0.3) is 0 Å². The molecule has 2 aliphatic rings. The van der Waals surface area contributed by atoms with Crippen LogP contribution in [0.4, 0.5) is 5.13 Å². The van der Waals surface area contributed by atoms with Gasteiger partial charge in [0.1, 0.15) is 5.25 Å². The number of piperazine rings is 1. The molecule has 2 unspecified atom stereocenters. The minimum absolute atomic E-state index is 0.441. The molecule has 1 saturated heterocycles. The average Bonchev–Trinajstić information content (AvgIpc) is 3.18. The number of thiazole rings is 1. The Kier molecular flexibility index (Phi) is 6.08. The van der Waals surface area contributed by atoms with Crippen LogP contribution in [0.3, 0.4) is 0 Å². The van der Waals surface area contributed by atoms with E-state index < -0.39 is 20.1 Å². The second-order valence-corrected chi connectivity index (χ2v) is 11.7. The van der Waals surface area contributed by atoms with E-state index in [2.05, 4.69) is 41.5 Å². The number of benzene rings is 1. The molecule has 1 aromatic heterocycles. The van der Waals surface area contributed by atoms with Gasteiger partial charge in [0.25, 0.3) is 0 Å². The van der Waals surface area contributed by atoms with Gasteiger partial charge in [-0.05, 0) is 19.4 Å². The molecule has 0 radical (unpaired) electrons. The number of sulfonamides is 1. The molecule has 1 fully saturated rings. The van der Waals surface area contributed by atoms with Gasteiger partial charge in [0.05, 0.1) is 10.6 Å². The van der Waals surface area contributed by atoms with Gasteiger partial charge in [0.2, 0.25) is 10.0 Å². The van der Waals surface area contributed by atoms with E-state index >= 15 is 0 Å². The fraction of sp³-hybridized carbons (Fsp3) is 0.409. The second-order valence-electron chi connectivity index (χ2n) is 8.03. The smallest absolute Gasteiger partial charge is 0.222 e. The summed E-state index contributed by atoms with van der Waals surface area (Å²) in [5.74, 6) is 0. The Hall–Kier alpha value is -1.67. The number of alkyl halides is 1. The number of hydrogen-bond acceptors (Lipinski definition) is 5. The van der Waals surface area contributed by atoms with Gasteiger partial charge in [0.15, 0.2) is 5.13 Å². The number of hydrogen-bond donors (Lipinski definition) is 0. The molecule has 2 aromatic rings. The van der Waals surface area contributed by atoms with Crippen molar-refractivity contribution in [2.45, 2.75) is 30.4 Å². The highest BCUT2D eigenvalue weighted by Gasteiger charge is 2.43. The lowest BCUT2D eigenvalue weighted by atomic mass is 10.0. The first-order valence-electron chi connectivity index (χ1n) is 10.0. The summed E-state index contributed by atoms with van der Waals surface area (Å²) in [6, 6.07) is 8.51. The summed E-state index contributed by atoms with van der Waals surface area (Å²) >= 11 is 8.10. The molecular weight excluding hydrogens is 438 g/mol. The number of aromatic nitrogens is 1. The Labute approximate surface area is 187 Å². The van der Waals surface area contributed by atoms with Gasteiger partial charge in [0, 0.05) is 38.0 Å². The minimum Gasteiger partial charge on any atom is -0.345 e. The highest BCUT2D eigenvalue weighted by molar-refractivity contribution is 7.90. The SMILES string of the molecule is Cc1ccc(Cc2csc(N3CCN(S(=O)(=O)C4C=CC=CC4(C)Cl)CC3)n2)cc1. The van der Waals surface area contributed by atoms with Crippen LogP contribution in [0, 0.1) is 6.92 Å². The van der Waals surface area contributed by atoms with Crippen molar-refractivity contribution >= 4 is 38.1 Å². The first-order valence-corrected chi connectivity index (χ1v) is 12.8. The lowest BCUT2D eigenvalue weighted by Crippen LogP contribution is -2.54. The molecule has 8 heteroatoms. The molecular formula is C22H26ClN3O2S2. The van der Waals surface area contributed by atoms with E-state index in [-0.39, 0.29) is 0 Å². The standard InChI is InChI=1S/C22H26ClN3O2S2/c1-17-6-8-18(9-7-17)15-19-16-29-21(24-19)25-11-13-26(14-12-25)30(27,28)20-5-3-4-10-22(20,2)23/h3-10,16,20H,11-15H2,1-2H3. The topological polar surface area (TPSA) is 53.5 Å². The lowest BCUT2D eigenvalue weighted by molar-refractivity contribution is 0.379. The molecule has 0 amide bonds. The van der Waals surface area contributed by atoms with Gasteiger partial charge in [-0.25, -0.2) is 13.4 Å². The Morgan fingerprint density at radius 2 is 1.87 bits per heavy atom. The summed E-state index contributed by atoms with van der Waals surface area (Å²) in [5, 5.41) is 2.30. The predicted octanol–water partition coefficient (Wildman–Crippen LogP) is 3.99. The first-order chi connectivity index (χ1) is 14.3. The van der Waals surface area contributed by atoms with Crippen LogP contribution < -0.4 is 4.90 Å². The quantitative estimate of drug-likeness (QED) is 0.629. The van der Waals surface area contributed by atoms with Crippen LogP contribution in [-0.4, -0.2) is 54.0 Å². The summed E-state index contributed by atoms with van der Waals surface area (Å²) in [5.41, 5.74) is 3.54. The van der Waals surface area contributed by atoms with Crippen molar-refractivity contribution in [1.29, 1.82) is 0 Å². The van der Waals surface area contributed by atoms with Crippen molar-refractivity contribution in [3.8, 4) is 0 Å². The van der Waals surface area contributed by atoms with Gasteiger partial charge in [-0.1, -0.05) is 54.1 Å². The largest absolute Gasteiger partial charge is 0.345 e. The van der Waals surface area contributed by atoms with Crippen LogP contribution in [-0.2, 0) is 16.4 Å². The zero-order valence-electron chi connectivity index (χ0n) is 17.2. The maximum atomic E-state index is 13.2. The third kappa shape index (κ3) is 4.49. The van der Waals surface area contributed by atoms with Crippen LogP contribution >= 0.6 is 22.9 Å². The van der Waals surface area contributed by atoms with Crippen molar-refractivity contribution in [1.82, 2.24) is 9.29 Å². The fourth-order valence-electron chi connectivity index (χ4n) is 3.81. The third-order valence-corrected chi connectivity index (χ3v) is 9.43. The summed E-state index contributed by atoms with van der Waals surface area (Å²) < 4.78 is 27.9. The molecule has 4 rings (SSSR count). The van der Waals surface area contributed by atoms with E-state index in [4.69, 9.17) is 16.6 Å². The van der Waals surface area contributed by atoms with E-state index in [0.717, 1.165) is 17.2 Å². The Morgan fingerprint density at radius 1 is 1.17 bits per heavy atom. The molecule has 0 spiro atoms. The van der Waals surface area contributed by atoms with Gasteiger partial charge < -0.3 is 4.90 Å². The first kappa shape index (κ1) is 21.6. The Balaban J connectivity index is 1.39. The Morgan fingerprint density at radius 3 is 2.53 bits per heavy atom. The van der Waals surface area contributed by atoms with Crippen molar-refractivity contribution in [3.63, 3.8) is 0 Å². The van der Waals surface area contributed by atoms with E-state index in [1.165, 1.54) is 11.1 Å². The van der Waals surface area contributed by atoms with Crippen LogP contribution in [0.2, 0.25) is 0 Å². The number of rotatable bonds is 5. The molecule has 0 saturated carbocycles. The van der Waals surface area contributed by atoms with Crippen LogP contribution in [0.1, 0.15) is 23.7 Å². The van der Waals surface area contributed by atoms with Gasteiger partial charge in [-0.2, -0.15) is 4.31 Å². The van der Waals surface area contributed by atoms with E-state index in [9.17, 15) is 8.42 Å². The summed E-state index contributed by atoms with van der Waals surface area (Å²) in [7, 11) is -3.52. The summed E-state index contributed by atoms with van der Waals surface area (Å²) in [4.78, 5) is 6.03. The van der Waals surface area contributed by atoms with Crippen molar-refractivity contribution in [2.75, 3.05) is 31.1 Å². The number of anilines is 1. The van der Waals surface area contributed by atoms with E-state index in [0.29, 0.717) is 26.2 Å². The molecule has 2 atom stereocenters. The zero-order chi connectivity index (χ0) is 21.4. The lowest BCUT2D eigenvalue weighted by Gasteiger charge is -2.38. The van der Waals surface area contributed by atoms with Gasteiger partial charge in [-0.15, -0.1) is 22.9 Å². The zero-order valence-corrected chi connectivity index (χ0v) is 19.6. The monoisotopic (exact) mass is 463 g/mol. The van der Waals surface area contributed by atoms with Crippen molar-refractivity contribution in [2.24, 2.45) is 0 Å². The molecule has 160 valence electrons. The summed E-state index contributed by atoms with van der Waals surface area (Å²) in [6.07, 6.45) is 7.80. The normalized spacial score (nSPS) is 25.0. The number of halogens is 1. The van der Waals surface area contributed by atoms with E-state index in [1.807, 2.05) is 0 Å². The molecule has 1 aliphatic carbocycles. The average molecular weight is 464 g/mol. The number of aryl methyl sites for hydroxylation is 1. The van der Waals surface area contributed by atoms with Gasteiger partial charge in [-0.3, -0.25) is 0 Å². The second kappa shape index (κ2) is 8.46. The predicted molar refractivity (Wildman–Crippen MR) is 125 cm³/mol. The molecule has 30 heavy (non-hydrogen) atoms. The van der Waals surface area contributed by atoms with Gasteiger partial charge >= 0.3 is 0 Å². The van der Waals surface area contributed by atoms with Crippen LogP contribution in [0.5, 0.6) is 0 Å². The molecule has 0 bridgehead atoms.